The van der Waals surface area contributed by atoms with Crippen LogP contribution in [0.15, 0.2) is 12.1 Å². The number of hydrogen-bond acceptors (Lipinski definition) is 8. The van der Waals surface area contributed by atoms with E-state index in [1.807, 2.05) is 31.1 Å². The van der Waals surface area contributed by atoms with E-state index < -0.39 is 0 Å². The van der Waals surface area contributed by atoms with E-state index in [0.717, 1.165) is 28.1 Å². The Hall–Kier alpha value is -2.43. The summed E-state index contributed by atoms with van der Waals surface area (Å²) in [5.74, 6) is 0.404. The second-order valence-corrected chi connectivity index (χ2v) is 8.54. The van der Waals surface area contributed by atoms with Gasteiger partial charge in [-0.15, -0.1) is 12.4 Å². The number of fused-ring (bicyclic) bond motifs is 2. The standard InChI is InChI=1S/C20H24N4O5S.ClH/c1-22(2)6-3-7-23(19(27)12-24-17(25)4-5-18(24)26)20-21-13-10-14-15(11-16(13)30-20)29-9-8-28-14;/h10-11H,3-9,12H2,1-2H3;1H. The molecule has 31 heavy (non-hydrogen) atoms. The molecule has 11 heteroatoms. The molecular formula is C20H25ClN4O5S. The van der Waals surface area contributed by atoms with Gasteiger partial charge in [-0.05, 0) is 27.1 Å². The quantitative estimate of drug-likeness (QED) is 0.573. The van der Waals surface area contributed by atoms with Crippen molar-refractivity contribution in [3.63, 3.8) is 0 Å². The molecule has 0 atom stereocenters. The smallest absolute Gasteiger partial charge is 0.248 e. The largest absolute Gasteiger partial charge is 0.486 e. The maximum Gasteiger partial charge on any atom is 0.248 e. The van der Waals surface area contributed by atoms with Crippen LogP contribution >= 0.6 is 23.7 Å². The van der Waals surface area contributed by atoms with Crippen molar-refractivity contribution in [3.8, 4) is 11.5 Å². The SMILES string of the molecule is CN(C)CCCN(C(=O)CN1C(=O)CCC1=O)c1nc2cc3c(cc2s1)OCCO3.Cl. The van der Waals surface area contributed by atoms with Gasteiger partial charge in [-0.2, -0.15) is 0 Å². The highest BCUT2D eigenvalue weighted by molar-refractivity contribution is 7.22. The lowest BCUT2D eigenvalue weighted by Crippen LogP contribution is -2.43. The molecule has 0 unspecified atom stereocenters. The molecule has 2 aliphatic heterocycles. The van der Waals surface area contributed by atoms with Crippen molar-refractivity contribution in [1.82, 2.24) is 14.8 Å². The van der Waals surface area contributed by atoms with Gasteiger partial charge in [-0.25, -0.2) is 4.98 Å². The van der Waals surface area contributed by atoms with E-state index in [1.165, 1.54) is 11.3 Å². The summed E-state index contributed by atoms with van der Waals surface area (Å²) in [6.45, 7) is 1.98. The molecule has 0 bridgehead atoms. The van der Waals surface area contributed by atoms with Crippen molar-refractivity contribution >= 4 is 56.8 Å². The van der Waals surface area contributed by atoms with Gasteiger partial charge in [0, 0.05) is 31.5 Å². The molecule has 0 spiro atoms. The van der Waals surface area contributed by atoms with Crippen molar-refractivity contribution in [2.75, 3.05) is 51.8 Å². The van der Waals surface area contributed by atoms with Crippen molar-refractivity contribution in [3.05, 3.63) is 12.1 Å². The minimum absolute atomic E-state index is 0. The van der Waals surface area contributed by atoms with Crippen LogP contribution in [0.1, 0.15) is 19.3 Å². The Morgan fingerprint density at radius 3 is 2.39 bits per heavy atom. The van der Waals surface area contributed by atoms with Crippen molar-refractivity contribution in [1.29, 1.82) is 0 Å². The van der Waals surface area contributed by atoms with Crippen LogP contribution in [-0.2, 0) is 14.4 Å². The third-order valence-electron chi connectivity index (χ3n) is 5.01. The fourth-order valence-electron chi connectivity index (χ4n) is 3.46. The monoisotopic (exact) mass is 468 g/mol. The molecule has 2 aliphatic rings. The summed E-state index contributed by atoms with van der Waals surface area (Å²) in [5, 5.41) is 0.537. The van der Waals surface area contributed by atoms with Gasteiger partial charge in [0.2, 0.25) is 17.7 Å². The minimum atomic E-state index is -0.311. The van der Waals surface area contributed by atoms with Crippen LogP contribution in [0.2, 0.25) is 0 Å². The zero-order valence-electron chi connectivity index (χ0n) is 17.5. The van der Waals surface area contributed by atoms with E-state index in [2.05, 4.69) is 4.98 Å². The number of carbonyl (C=O) groups excluding carboxylic acids is 3. The van der Waals surface area contributed by atoms with E-state index in [9.17, 15) is 14.4 Å². The number of carbonyl (C=O) groups is 3. The van der Waals surface area contributed by atoms with E-state index in [0.29, 0.717) is 36.4 Å². The van der Waals surface area contributed by atoms with E-state index in [1.54, 1.807) is 4.90 Å². The number of thiazole rings is 1. The van der Waals surface area contributed by atoms with Crippen LogP contribution in [0.25, 0.3) is 10.2 Å². The van der Waals surface area contributed by atoms with Gasteiger partial charge < -0.3 is 14.4 Å². The Balaban J connectivity index is 0.00000272. The second-order valence-electron chi connectivity index (χ2n) is 7.54. The third kappa shape index (κ3) is 5.08. The molecule has 0 saturated carbocycles. The van der Waals surface area contributed by atoms with Crippen LogP contribution in [-0.4, -0.2) is 79.4 Å². The van der Waals surface area contributed by atoms with Crippen molar-refractivity contribution in [2.45, 2.75) is 19.3 Å². The van der Waals surface area contributed by atoms with E-state index in [4.69, 9.17) is 9.47 Å². The number of aromatic nitrogens is 1. The summed E-state index contributed by atoms with van der Waals surface area (Å²) in [6.07, 6.45) is 1.07. The lowest BCUT2D eigenvalue weighted by molar-refractivity contribution is -0.141. The van der Waals surface area contributed by atoms with Crippen molar-refractivity contribution in [2.24, 2.45) is 0 Å². The summed E-state index contributed by atoms with van der Waals surface area (Å²) >= 11 is 1.38. The van der Waals surface area contributed by atoms with Gasteiger partial charge >= 0.3 is 0 Å². The second kappa shape index (κ2) is 9.80. The lowest BCUT2D eigenvalue weighted by Gasteiger charge is -2.23. The Labute approximate surface area is 190 Å². The number of ether oxygens (including phenoxy) is 2. The molecule has 0 N–H and O–H groups in total. The van der Waals surface area contributed by atoms with Crippen LogP contribution in [0.3, 0.4) is 0 Å². The molecule has 1 fully saturated rings. The molecular weight excluding hydrogens is 444 g/mol. The van der Waals surface area contributed by atoms with Gasteiger partial charge in [0.15, 0.2) is 16.6 Å². The summed E-state index contributed by atoms with van der Waals surface area (Å²) in [6, 6.07) is 3.70. The number of likely N-dealkylation sites (tertiary alicyclic amines) is 1. The highest BCUT2D eigenvalue weighted by Crippen LogP contribution is 2.38. The molecule has 3 amide bonds. The normalized spacial score (nSPS) is 15.5. The van der Waals surface area contributed by atoms with Gasteiger partial charge in [0.25, 0.3) is 0 Å². The van der Waals surface area contributed by atoms with E-state index in [-0.39, 0.29) is 49.5 Å². The average Bonchev–Trinajstić information content (AvgIpc) is 3.26. The minimum Gasteiger partial charge on any atom is -0.486 e. The summed E-state index contributed by atoms with van der Waals surface area (Å²) in [7, 11) is 3.94. The molecule has 0 aliphatic carbocycles. The average molecular weight is 469 g/mol. The first-order valence-electron chi connectivity index (χ1n) is 9.91. The fourth-order valence-corrected chi connectivity index (χ4v) is 4.48. The van der Waals surface area contributed by atoms with Crippen LogP contribution in [0.4, 0.5) is 5.13 Å². The molecule has 1 saturated heterocycles. The first-order valence-corrected chi connectivity index (χ1v) is 10.7. The topological polar surface area (TPSA) is 92.3 Å². The van der Waals surface area contributed by atoms with Crippen LogP contribution in [0, 0.1) is 0 Å². The molecule has 1 aromatic carbocycles. The first kappa shape index (κ1) is 23.2. The number of hydrogen-bond donors (Lipinski definition) is 0. The van der Waals surface area contributed by atoms with Crippen LogP contribution < -0.4 is 14.4 Å². The number of benzene rings is 1. The Morgan fingerprint density at radius 2 is 1.74 bits per heavy atom. The highest BCUT2D eigenvalue weighted by atomic mass is 35.5. The predicted molar refractivity (Wildman–Crippen MR) is 119 cm³/mol. The Kier molecular flexibility index (Phi) is 7.34. The first-order chi connectivity index (χ1) is 14.4. The van der Waals surface area contributed by atoms with Crippen molar-refractivity contribution < 1.29 is 23.9 Å². The van der Waals surface area contributed by atoms with Gasteiger partial charge in [-0.1, -0.05) is 11.3 Å². The number of rotatable bonds is 7. The number of halogens is 1. The lowest BCUT2D eigenvalue weighted by atomic mass is 10.3. The zero-order chi connectivity index (χ0) is 21.3. The molecule has 168 valence electrons. The number of imide groups is 1. The number of amides is 3. The number of anilines is 1. The summed E-state index contributed by atoms with van der Waals surface area (Å²) in [5.41, 5.74) is 0.720. The molecule has 0 radical (unpaired) electrons. The maximum atomic E-state index is 13.1. The molecule has 3 heterocycles. The highest BCUT2D eigenvalue weighted by Gasteiger charge is 2.32. The van der Waals surface area contributed by atoms with E-state index >= 15 is 0 Å². The predicted octanol–water partition coefficient (Wildman–Crippen LogP) is 1.92. The molecule has 1 aromatic heterocycles. The molecule has 4 rings (SSSR count). The zero-order valence-corrected chi connectivity index (χ0v) is 19.1. The number of nitrogens with zero attached hydrogens (tertiary/aromatic N) is 4. The van der Waals surface area contributed by atoms with Gasteiger partial charge in [0.05, 0.1) is 10.2 Å². The van der Waals surface area contributed by atoms with Gasteiger partial charge in [0.1, 0.15) is 19.8 Å². The summed E-state index contributed by atoms with van der Waals surface area (Å²) in [4.78, 5) is 46.3. The molecule has 9 nitrogen and oxygen atoms in total. The maximum absolute atomic E-state index is 13.1. The fraction of sp³-hybridized carbons (Fsp3) is 0.500. The Bertz CT molecular complexity index is 936. The van der Waals surface area contributed by atoms with Crippen LogP contribution in [0.5, 0.6) is 11.5 Å². The Morgan fingerprint density at radius 1 is 1.10 bits per heavy atom. The summed E-state index contributed by atoms with van der Waals surface area (Å²) < 4.78 is 12.1. The third-order valence-corrected chi connectivity index (χ3v) is 6.05. The molecule has 2 aromatic rings. The van der Waals surface area contributed by atoms with Gasteiger partial charge in [-0.3, -0.25) is 24.2 Å².